The van der Waals surface area contributed by atoms with Crippen LogP contribution < -0.4 is 20.7 Å². The summed E-state index contributed by atoms with van der Waals surface area (Å²) in [5, 5.41) is 12.4. The van der Waals surface area contributed by atoms with Gasteiger partial charge in [0.2, 0.25) is 5.91 Å². The molecule has 2 aliphatic rings. The molecule has 3 aromatic rings. The molecule has 0 unspecified atom stereocenters. The fourth-order valence-electron chi connectivity index (χ4n) is 5.82. The summed E-state index contributed by atoms with van der Waals surface area (Å²) in [6, 6.07) is 16.1. The number of nitrogens with two attached hydrogens (primary N) is 1. The van der Waals surface area contributed by atoms with Gasteiger partial charge in [-0.3, -0.25) is 9.59 Å². The molecule has 10 nitrogen and oxygen atoms in total. The van der Waals surface area contributed by atoms with Gasteiger partial charge in [-0.25, -0.2) is 18.4 Å². The molecule has 13 heteroatoms. The standard InChI is InChI=1S/C36H39F2N3O7S/c37-25-10-6-23(7-11-25)30(42)21-49-34-33(41(35(34)45)27-14-12-26(38)13-15-27)24-8-16-28(17-9-24)47-20-31(43)40-19-32(44)48-36(46)29(39)18-22-4-2-1-3-5-22/h6-17,22,29-30,33-34,42H,1-5,18-21,39H2,(H,40,43)/t29-,30-,33+,34+/m0/s1/i22D. The number of ether oxygens (including phenoxy) is 2. The van der Waals surface area contributed by atoms with Crippen molar-refractivity contribution in [1.29, 1.82) is 0 Å². The van der Waals surface area contributed by atoms with Crippen molar-refractivity contribution in [2.45, 2.75) is 62.0 Å². The lowest BCUT2D eigenvalue weighted by Gasteiger charge is -2.47. The van der Waals surface area contributed by atoms with Gasteiger partial charge in [-0.15, -0.1) is 11.8 Å². The Hall–Kier alpha value is -4.33. The molecule has 1 saturated heterocycles. The summed E-state index contributed by atoms with van der Waals surface area (Å²) < 4.78 is 45.8. The number of benzene rings is 3. The Kier molecular flexibility index (Phi) is 11.9. The van der Waals surface area contributed by atoms with Gasteiger partial charge in [0, 0.05) is 12.8 Å². The first kappa shape index (κ1) is 34.5. The molecule has 4 N–H and O–H groups in total. The van der Waals surface area contributed by atoms with Gasteiger partial charge in [0.1, 0.15) is 35.2 Å². The predicted molar refractivity (Wildman–Crippen MR) is 179 cm³/mol. The average molecular weight is 697 g/mol. The molecule has 1 heterocycles. The van der Waals surface area contributed by atoms with Crippen LogP contribution in [0, 0.1) is 17.5 Å². The van der Waals surface area contributed by atoms with E-state index in [4.69, 9.17) is 16.6 Å². The van der Waals surface area contributed by atoms with Gasteiger partial charge in [-0.1, -0.05) is 56.4 Å². The first-order chi connectivity index (χ1) is 23.9. The maximum atomic E-state index is 13.6. The van der Waals surface area contributed by atoms with E-state index in [-0.39, 0.29) is 18.1 Å². The van der Waals surface area contributed by atoms with Crippen LogP contribution in [-0.4, -0.2) is 59.1 Å². The van der Waals surface area contributed by atoms with Crippen molar-refractivity contribution >= 4 is 41.2 Å². The summed E-state index contributed by atoms with van der Waals surface area (Å²) in [5.74, 6) is -3.95. The summed E-state index contributed by atoms with van der Waals surface area (Å²) in [6.07, 6.45) is 3.28. The van der Waals surface area contributed by atoms with Crippen LogP contribution >= 0.6 is 11.8 Å². The number of β-lactam (4-membered cyclic amide) rings is 1. The van der Waals surface area contributed by atoms with E-state index in [1.165, 1.54) is 60.3 Å². The van der Waals surface area contributed by atoms with Crippen LogP contribution in [0.15, 0.2) is 72.8 Å². The summed E-state index contributed by atoms with van der Waals surface area (Å²) in [6.45, 7) is -1.01. The van der Waals surface area contributed by atoms with Gasteiger partial charge in [0.05, 0.1) is 12.1 Å². The first-order valence-corrected chi connectivity index (χ1v) is 17.1. The number of thioether (sulfide) groups is 1. The molecule has 3 aromatic carbocycles. The van der Waals surface area contributed by atoms with E-state index in [9.17, 15) is 33.1 Å². The van der Waals surface area contributed by atoms with Crippen LogP contribution in [0.1, 0.15) is 63.2 Å². The van der Waals surface area contributed by atoms with E-state index in [1.54, 1.807) is 29.2 Å². The highest BCUT2D eigenvalue weighted by Crippen LogP contribution is 2.46. The Morgan fingerprint density at radius 3 is 2.27 bits per heavy atom. The van der Waals surface area contributed by atoms with Gasteiger partial charge < -0.3 is 30.5 Å². The molecule has 1 saturated carbocycles. The molecule has 4 atom stereocenters. The zero-order valence-electron chi connectivity index (χ0n) is 27.7. The number of esters is 2. The molecule has 1 aliphatic carbocycles. The number of amides is 2. The molecule has 2 fully saturated rings. The Morgan fingerprint density at radius 2 is 1.61 bits per heavy atom. The SMILES string of the molecule is [2H]C1(C[C@H](N)C(=O)OC(=O)CNC(=O)COc2ccc([C@@H]3[C@@H](SC[C@H](O)c4ccc(F)cc4)C(=O)N3c3ccc(F)cc3)cc2)CCCCC1. The van der Waals surface area contributed by atoms with E-state index in [0.29, 0.717) is 29.8 Å². The minimum absolute atomic E-state index is 0.0968. The molecular formula is C36H39F2N3O7S. The molecule has 5 rings (SSSR count). The summed E-state index contributed by atoms with van der Waals surface area (Å²) >= 11 is 1.25. The maximum absolute atomic E-state index is 13.6. The lowest BCUT2D eigenvalue weighted by Crippen LogP contribution is -2.57. The number of nitrogens with one attached hydrogen (secondary N) is 1. The van der Waals surface area contributed by atoms with Crippen molar-refractivity contribution in [2.75, 3.05) is 23.8 Å². The minimum Gasteiger partial charge on any atom is -0.484 e. The zero-order valence-corrected chi connectivity index (χ0v) is 27.5. The number of nitrogens with zero attached hydrogens (tertiary/aromatic N) is 1. The van der Waals surface area contributed by atoms with Gasteiger partial charge in [0.25, 0.3) is 5.91 Å². The highest BCUT2D eigenvalue weighted by atomic mass is 32.2. The monoisotopic (exact) mass is 696 g/mol. The molecule has 1 aliphatic heterocycles. The Balaban J connectivity index is 1.13. The summed E-state index contributed by atoms with van der Waals surface area (Å²) in [5.41, 5.74) is 7.64. The number of aliphatic hydroxyl groups is 1. The number of halogens is 2. The van der Waals surface area contributed by atoms with E-state index in [2.05, 4.69) is 5.32 Å². The third-order valence-corrected chi connectivity index (χ3v) is 9.77. The molecule has 0 radical (unpaired) electrons. The third-order valence-electron chi connectivity index (χ3n) is 8.45. The first-order valence-electron chi connectivity index (χ1n) is 16.6. The topological polar surface area (TPSA) is 148 Å². The van der Waals surface area contributed by atoms with E-state index in [1.807, 2.05) is 0 Å². The summed E-state index contributed by atoms with van der Waals surface area (Å²) in [7, 11) is 0. The fraction of sp³-hybridized carbons (Fsp3) is 0.389. The molecular weight excluding hydrogens is 656 g/mol. The predicted octanol–water partition coefficient (Wildman–Crippen LogP) is 4.75. The second kappa shape index (κ2) is 16.9. The van der Waals surface area contributed by atoms with Gasteiger partial charge in [-0.2, -0.15) is 0 Å². The number of hydrogen-bond donors (Lipinski definition) is 3. The van der Waals surface area contributed by atoms with Gasteiger partial charge >= 0.3 is 11.9 Å². The molecule has 0 spiro atoms. The molecule has 0 aromatic heterocycles. The van der Waals surface area contributed by atoms with Crippen LogP contribution in [0.3, 0.4) is 0 Å². The number of anilines is 1. The van der Waals surface area contributed by atoms with Crippen LogP contribution in [0.5, 0.6) is 5.75 Å². The normalized spacial score (nSPS) is 20.0. The Morgan fingerprint density at radius 1 is 0.980 bits per heavy atom. The van der Waals surface area contributed by atoms with Gasteiger partial charge in [-0.05, 0) is 72.0 Å². The number of rotatable bonds is 14. The lowest BCUT2D eigenvalue weighted by molar-refractivity contribution is -0.160. The lowest BCUT2D eigenvalue weighted by atomic mass is 9.85. The van der Waals surface area contributed by atoms with Crippen molar-refractivity contribution in [1.82, 2.24) is 5.32 Å². The average Bonchev–Trinajstić information content (AvgIpc) is 3.10. The smallest absolute Gasteiger partial charge is 0.333 e. The van der Waals surface area contributed by atoms with Crippen molar-refractivity contribution in [3.63, 3.8) is 0 Å². The fourth-order valence-corrected chi connectivity index (χ4v) is 7.12. The van der Waals surface area contributed by atoms with Crippen LogP contribution in [0.4, 0.5) is 14.5 Å². The van der Waals surface area contributed by atoms with Crippen LogP contribution in [0.2, 0.25) is 0 Å². The van der Waals surface area contributed by atoms with Crippen molar-refractivity contribution < 1.29 is 43.9 Å². The van der Waals surface area contributed by atoms with E-state index in [0.717, 1.165) is 24.8 Å². The number of carbonyl (C=O) groups is 4. The molecule has 49 heavy (non-hydrogen) atoms. The van der Waals surface area contributed by atoms with Crippen LogP contribution in [-0.2, 0) is 23.9 Å². The molecule has 2 amide bonds. The molecule has 0 bridgehead atoms. The zero-order chi connectivity index (χ0) is 35.8. The second-order valence-electron chi connectivity index (χ2n) is 12.0. The van der Waals surface area contributed by atoms with E-state index >= 15 is 0 Å². The maximum Gasteiger partial charge on any atom is 0.333 e. The number of carbonyl (C=O) groups excluding carboxylic acids is 4. The highest BCUT2D eigenvalue weighted by molar-refractivity contribution is 8.00. The number of aliphatic hydroxyl groups excluding tert-OH is 1. The Bertz CT molecular complexity index is 1660. The second-order valence-corrected chi connectivity index (χ2v) is 13.2. The van der Waals surface area contributed by atoms with Crippen molar-refractivity contribution in [2.24, 2.45) is 11.6 Å². The van der Waals surface area contributed by atoms with Gasteiger partial charge in [0.15, 0.2) is 6.61 Å². The third kappa shape index (κ3) is 9.64. The Labute approximate surface area is 288 Å². The highest BCUT2D eigenvalue weighted by Gasteiger charge is 2.49. The van der Waals surface area contributed by atoms with Crippen molar-refractivity contribution in [3.05, 3.63) is 95.6 Å². The van der Waals surface area contributed by atoms with Crippen molar-refractivity contribution in [3.8, 4) is 5.75 Å². The minimum atomic E-state index is -1.11. The molecule has 260 valence electrons. The summed E-state index contributed by atoms with van der Waals surface area (Å²) in [4.78, 5) is 51.6. The van der Waals surface area contributed by atoms with E-state index < -0.39 is 72.0 Å². The van der Waals surface area contributed by atoms with Crippen LogP contribution in [0.25, 0.3) is 0 Å². The quantitative estimate of drug-likeness (QED) is 0.123. The largest absolute Gasteiger partial charge is 0.484 e. The number of hydrogen-bond acceptors (Lipinski definition) is 9.